The average Bonchev–Trinajstić information content (AvgIpc) is 2.57. The minimum Gasteiger partial charge on any atom is -0.340 e. The first-order valence-corrected chi connectivity index (χ1v) is 8.05. The number of carbonyl (C=O) groups is 1. The van der Waals surface area contributed by atoms with Crippen molar-refractivity contribution in [3.63, 3.8) is 0 Å². The van der Waals surface area contributed by atoms with Crippen molar-refractivity contribution < 1.29 is 4.79 Å². The summed E-state index contributed by atoms with van der Waals surface area (Å²) in [6.07, 6.45) is 2.71. The average molecular weight is 314 g/mol. The number of amides is 1. The lowest BCUT2D eigenvalue weighted by atomic mass is 10.2. The van der Waals surface area contributed by atoms with Crippen molar-refractivity contribution in [3.05, 3.63) is 40.9 Å². The number of rotatable bonds is 4. The Morgan fingerprint density at radius 1 is 1.17 bits per heavy atom. The third-order valence-electron chi connectivity index (χ3n) is 4.38. The van der Waals surface area contributed by atoms with Crippen molar-refractivity contribution in [3.8, 4) is 0 Å². The molecule has 23 heavy (non-hydrogen) atoms. The molecule has 0 aliphatic carbocycles. The number of aromatic nitrogens is 2. The zero-order chi connectivity index (χ0) is 16.2. The number of hydrogen-bond donors (Lipinski definition) is 0. The molecule has 1 aliphatic rings. The highest BCUT2D eigenvalue weighted by molar-refractivity contribution is 5.77. The molecule has 0 bridgehead atoms. The molecule has 1 aromatic heterocycles. The third-order valence-corrected chi connectivity index (χ3v) is 4.38. The molecule has 122 valence electrons. The zero-order valence-electron chi connectivity index (χ0n) is 13.4. The van der Waals surface area contributed by atoms with Crippen LogP contribution in [0.2, 0.25) is 0 Å². The first-order valence-electron chi connectivity index (χ1n) is 8.05. The van der Waals surface area contributed by atoms with Crippen LogP contribution in [0.5, 0.6) is 0 Å². The number of carbonyl (C=O) groups excluding carboxylic acids is 1. The second-order valence-corrected chi connectivity index (χ2v) is 6.05. The van der Waals surface area contributed by atoms with E-state index in [1.165, 1.54) is 0 Å². The number of piperazine rings is 1. The van der Waals surface area contributed by atoms with Gasteiger partial charge in [0.05, 0.1) is 17.2 Å². The van der Waals surface area contributed by atoms with E-state index in [9.17, 15) is 9.59 Å². The third kappa shape index (κ3) is 3.59. The van der Waals surface area contributed by atoms with Gasteiger partial charge in [0.15, 0.2) is 0 Å². The summed E-state index contributed by atoms with van der Waals surface area (Å²) >= 11 is 0. The van der Waals surface area contributed by atoms with E-state index in [0.717, 1.165) is 26.2 Å². The number of fused-ring (bicyclic) bond motifs is 1. The van der Waals surface area contributed by atoms with Crippen molar-refractivity contribution in [2.75, 3.05) is 33.2 Å². The SMILES string of the molecule is CN1CCN(C(=O)CCCn2cnc3ccccc3c2=O)CC1. The van der Waals surface area contributed by atoms with E-state index in [1.54, 1.807) is 17.0 Å². The fourth-order valence-corrected chi connectivity index (χ4v) is 2.88. The minimum absolute atomic E-state index is 0.0392. The number of aryl methyl sites for hydroxylation is 1. The van der Waals surface area contributed by atoms with Crippen LogP contribution in [0, 0.1) is 0 Å². The van der Waals surface area contributed by atoms with Gasteiger partial charge < -0.3 is 9.80 Å². The number of nitrogens with zero attached hydrogens (tertiary/aromatic N) is 4. The van der Waals surface area contributed by atoms with Crippen LogP contribution in [-0.4, -0.2) is 58.5 Å². The largest absolute Gasteiger partial charge is 0.340 e. The molecule has 3 rings (SSSR count). The van der Waals surface area contributed by atoms with Gasteiger partial charge in [0.25, 0.3) is 5.56 Å². The molecule has 1 aromatic carbocycles. The normalized spacial score (nSPS) is 16.0. The Hall–Kier alpha value is -2.21. The first kappa shape index (κ1) is 15.7. The maximum atomic E-state index is 12.4. The number of hydrogen-bond acceptors (Lipinski definition) is 4. The van der Waals surface area contributed by atoms with Gasteiger partial charge >= 0.3 is 0 Å². The summed E-state index contributed by atoms with van der Waals surface area (Å²) in [6, 6.07) is 7.33. The molecule has 1 amide bonds. The van der Waals surface area contributed by atoms with Gasteiger partial charge in [-0.3, -0.25) is 14.2 Å². The highest BCUT2D eigenvalue weighted by Gasteiger charge is 2.18. The Balaban J connectivity index is 1.57. The van der Waals surface area contributed by atoms with E-state index in [0.29, 0.717) is 30.3 Å². The van der Waals surface area contributed by atoms with Gasteiger partial charge in [-0.15, -0.1) is 0 Å². The van der Waals surface area contributed by atoms with Crippen LogP contribution >= 0.6 is 0 Å². The molecule has 0 unspecified atom stereocenters. The Kier molecular flexibility index (Phi) is 4.71. The van der Waals surface area contributed by atoms with Crippen LogP contribution in [0.3, 0.4) is 0 Å². The minimum atomic E-state index is -0.0392. The van der Waals surface area contributed by atoms with Gasteiger partial charge in [0, 0.05) is 39.1 Å². The van der Waals surface area contributed by atoms with Crippen LogP contribution in [0.4, 0.5) is 0 Å². The Morgan fingerprint density at radius 3 is 2.70 bits per heavy atom. The van der Waals surface area contributed by atoms with E-state index in [1.807, 2.05) is 23.1 Å². The second-order valence-electron chi connectivity index (χ2n) is 6.05. The lowest BCUT2D eigenvalue weighted by molar-refractivity contribution is -0.132. The Morgan fingerprint density at radius 2 is 1.91 bits per heavy atom. The van der Waals surface area contributed by atoms with E-state index in [4.69, 9.17) is 0 Å². The molecular formula is C17H22N4O2. The highest BCUT2D eigenvalue weighted by Crippen LogP contribution is 2.07. The molecular weight excluding hydrogens is 292 g/mol. The molecule has 2 aromatic rings. The molecule has 1 aliphatic heterocycles. The van der Waals surface area contributed by atoms with Crippen LogP contribution in [0.1, 0.15) is 12.8 Å². The van der Waals surface area contributed by atoms with Crippen molar-refractivity contribution in [1.29, 1.82) is 0 Å². The van der Waals surface area contributed by atoms with Gasteiger partial charge in [-0.1, -0.05) is 12.1 Å². The molecule has 0 atom stereocenters. The first-order chi connectivity index (χ1) is 11.1. The summed E-state index contributed by atoms with van der Waals surface area (Å²) in [5, 5.41) is 0.625. The number of benzene rings is 1. The standard InChI is InChI=1S/C17H22N4O2/c1-19-9-11-20(12-10-19)16(22)7-4-8-21-13-18-15-6-3-2-5-14(15)17(21)23/h2-3,5-6,13H,4,7-12H2,1H3. The zero-order valence-corrected chi connectivity index (χ0v) is 13.4. The fourth-order valence-electron chi connectivity index (χ4n) is 2.88. The van der Waals surface area contributed by atoms with Crippen molar-refractivity contribution in [2.24, 2.45) is 0 Å². The van der Waals surface area contributed by atoms with Gasteiger partial charge in [0.1, 0.15) is 0 Å². The summed E-state index contributed by atoms with van der Waals surface area (Å²) in [5.74, 6) is 0.180. The number of likely N-dealkylation sites (N-methyl/N-ethyl adjacent to an activating group) is 1. The Labute approximate surface area is 135 Å². The predicted molar refractivity (Wildman–Crippen MR) is 89.3 cm³/mol. The molecule has 2 heterocycles. The van der Waals surface area contributed by atoms with Crippen molar-refractivity contribution in [2.45, 2.75) is 19.4 Å². The molecule has 6 nitrogen and oxygen atoms in total. The van der Waals surface area contributed by atoms with E-state index < -0.39 is 0 Å². The van der Waals surface area contributed by atoms with Gasteiger partial charge in [-0.2, -0.15) is 0 Å². The fraction of sp³-hybridized carbons (Fsp3) is 0.471. The quantitative estimate of drug-likeness (QED) is 0.843. The summed E-state index contributed by atoms with van der Waals surface area (Å²) in [6.45, 7) is 3.98. The van der Waals surface area contributed by atoms with Crippen LogP contribution in [0.25, 0.3) is 10.9 Å². The lowest BCUT2D eigenvalue weighted by Crippen LogP contribution is -2.47. The monoisotopic (exact) mass is 314 g/mol. The molecule has 0 saturated carbocycles. The Bertz CT molecular complexity index is 748. The summed E-state index contributed by atoms with van der Waals surface area (Å²) < 4.78 is 1.60. The smallest absolute Gasteiger partial charge is 0.261 e. The topological polar surface area (TPSA) is 58.4 Å². The number of para-hydroxylation sites is 1. The highest BCUT2D eigenvalue weighted by atomic mass is 16.2. The van der Waals surface area contributed by atoms with Crippen molar-refractivity contribution in [1.82, 2.24) is 19.4 Å². The van der Waals surface area contributed by atoms with Crippen molar-refractivity contribution >= 4 is 16.8 Å². The summed E-state index contributed by atoms with van der Waals surface area (Å²) in [4.78, 5) is 33.0. The molecule has 1 fully saturated rings. The molecule has 1 saturated heterocycles. The van der Waals surface area contributed by atoms with E-state index in [2.05, 4.69) is 16.9 Å². The maximum absolute atomic E-state index is 12.4. The van der Waals surface area contributed by atoms with Gasteiger partial charge in [-0.05, 0) is 25.6 Å². The predicted octanol–water partition coefficient (Wildman–Crippen LogP) is 0.951. The lowest BCUT2D eigenvalue weighted by Gasteiger charge is -2.32. The molecule has 6 heteroatoms. The molecule has 0 spiro atoms. The van der Waals surface area contributed by atoms with Crippen LogP contribution in [-0.2, 0) is 11.3 Å². The van der Waals surface area contributed by atoms with E-state index >= 15 is 0 Å². The maximum Gasteiger partial charge on any atom is 0.261 e. The van der Waals surface area contributed by atoms with Gasteiger partial charge in [-0.25, -0.2) is 4.98 Å². The summed E-state index contributed by atoms with van der Waals surface area (Å²) in [7, 11) is 2.07. The van der Waals surface area contributed by atoms with E-state index in [-0.39, 0.29) is 11.5 Å². The second kappa shape index (κ2) is 6.91. The molecule has 0 radical (unpaired) electrons. The summed E-state index contributed by atoms with van der Waals surface area (Å²) in [5.41, 5.74) is 0.671. The molecule has 0 N–H and O–H groups in total. The van der Waals surface area contributed by atoms with Crippen LogP contribution in [0.15, 0.2) is 35.4 Å². The van der Waals surface area contributed by atoms with Gasteiger partial charge in [0.2, 0.25) is 5.91 Å². The van der Waals surface area contributed by atoms with Crippen LogP contribution < -0.4 is 5.56 Å².